The van der Waals surface area contributed by atoms with Crippen LogP contribution in [0, 0.1) is 0 Å². The second kappa shape index (κ2) is 9.68. The van der Waals surface area contributed by atoms with E-state index in [1.54, 1.807) is 12.1 Å². The Labute approximate surface area is 169 Å². The normalized spacial score (nSPS) is 11.6. The average Bonchev–Trinajstić information content (AvgIpc) is 3.22. The minimum Gasteiger partial charge on any atom is -0.490 e. The lowest BCUT2D eigenvalue weighted by Gasteiger charge is -2.13. The summed E-state index contributed by atoms with van der Waals surface area (Å²) >= 11 is 0. The van der Waals surface area contributed by atoms with E-state index in [1.807, 2.05) is 12.1 Å². The van der Waals surface area contributed by atoms with Crippen molar-refractivity contribution in [3.63, 3.8) is 0 Å². The van der Waals surface area contributed by atoms with Crippen molar-refractivity contribution in [2.45, 2.75) is 12.8 Å². The third kappa shape index (κ3) is 5.33. The van der Waals surface area contributed by atoms with Crippen molar-refractivity contribution in [1.29, 1.82) is 0 Å². The number of ether oxygens (including phenoxy) is 2. The quantitative estimate of drug-likeness (QED) is 0.408. The van der Waals surface area contributed by atoms with Crippen LogP contribution in [0.25, 0.3) is 22.8 Å². The highest BCUT2D eigenvalue weighted by Gasteiger charge is 2.35. The number of aromatic nitrogens is 2. The van der Waals surface area contributed by atoms with E-state index in [-0.39, 0.29) is 17.3 Å². The number of alkyl halides is 4. The molecule has 0 atom stereocenters. The monoisotopic (exact) mass is 425 g/mol. The fraction of sp³-hybridized carbons (Fsp3) is 0.300. The van der Waals surface area contributed by atoms with Gasteiger partial charge in [0.05, 0.1) is 18.8 Å². The van der Waals surface area contributed by atoms with E-state index in [0.717, 1.165) is 17.7 Å². The van der Waals surface area contributed by atoms with Gasteiger partial charge in [0.25, 0.3) is 5.89 Å². The van der Waals surface area contributed by atoms with Crippen LogP contribution in [0.1, 0.15) is 11.1 Å². The number of halogens is 4. The molecular formula is C20H19F4N3O3. The molecule has 2 N–H and O–H groups in total. The van der Waals surface area contributed by atoms with Crippen LogP contribution in [-0.4, -0.2) is 36.6 Å². The summed E-state index contributed by atoms with van der Waals surface area (Å²) in [5, 5.41) is 3.84. The second-order valence-electron chi connectivity index (χ2n) is 6.21. The van der Waals surface area contributed by atoms with Crippen LogP contribution in [0.3, 0.4) is 0 Å². The van der Waals surface area contributed by atoms with Crippen molar-refractivity contribution in [2.75, 3.05) is 26.4 Å². The fourth-order valence-electron chi connectivity index (χ4n) is 2.64. The molecule has 0 aliphatic carbocycles. The Hall–Kier alpha value is -2.98. The van der Waals surface area contributed by atoms with Crippen LogP contribution < -0.4 is 10.5 Å². The lowest BCUT2D eigenvalue weighted by Crippen LogP contribution is -2.10. The summed E-state index contributed by atoms with van der Waals surface area (Å²) in [6, 6.07) is 10.4. The Balaban J connectivity index is 1.81. The molecule has 0 fully saturated rings. The van der Waals surface area contributed by atoms with Gasteiger partial charge in [0.2, 0.25) is 5.82 Å². The highest BCUT2D eigenvalue weighted by molar-refractivity contribution is 5.62. The summed E-state index contributed by atoms with van der Waals surface area (Å²) in [6.45, 7) is -0.0768. The topological polar surface area (TPSA) is 83.4 Å². The highest BCUT2D eigenvalue weighted by Crippen LogP contribution is 2.38. The first-order chi connectivity index (χ1) is 14.4. The van der Waals surface area contributed by atoms with Gasteiger partial charge < -0.3 is 19.7 Å². The minimum atomic E-state index is -4.69. The number of nitrogens with two attached hydrogens (primary N) is 1. The van der Waals surface area contributed by atoms with E-state index in [1.165, 1.54) is 6.07 Å². The number of rotatable bonds is 9. The molecule has 0 aliphatic heterocycles. The zero-order valence-corrected chi connectivity index (χ0v) is 15.8. The summed E-state index contributed by atoms with van der Waals surface area (Å²) in [5.41, 5.74) is 5.95. The molecule has 30 heavy (non-hydrogen) atoms. The molecule has 0 spiro atoms. The Morgan fingerprint density at radius 1 is 1.00 bits per heavy atom. The van der Waals surface area contributed by atoms with Gasteiger partial charge in [-0.15, -0.1) is 0 Å². The van der Waals surface area contributed by atoms with Gasteiger partial charge in [-0.3, -0.25) is 0 Å². The molecule has 0 aliphatic rings. The van der Waals surface area contributed by atoms with Crippen LogP contribution in [0.5, 0.6) is 5.75 Å². The third-order valence-electron chi connectivity index (χ3n) is 4.04. The van der Waals surface area contributed by atoms with Gasteiger partial charge >= 0.3 is 6.18 Å². The van der Waals surface area contributed by atoms with Crippen LogP contribution in [0.4, 0.5) is 17.6 Å². The van der Waals surface area contributed by atoms with Gasteiger partial charge in [-0.1, -0.05) is 29.4 Å². The Bertz CT molecular complexity index is 959. The van der Waals surface area contributed by atoms with Gasteiger partial charge in [-0.2, -0.15) is 18.2 Å². The molecule has 0 amide bonds. The SMILES string of the molecule is NCCOCc1ccc(-c2noc(-c3ccc(OCCF)c(C(F)(F)F)c3)n2)cc1. The van der Waals surface area contributed by atoms with E-state index in [0.29, 0.717) is 25.3 Å². The number of hydrogen-bond acceptors (Lipinski definition) is 6. The van der Waals surface area contributed by atoms with E-state index < -0.39 is 30.8 Å². The molecule has 0 unspecified atom stereocenters. The molecule has 2 aromatic carbocycles. The summed E-state index contributed by atoms with van der Waals surface area (Å²) in [4.78, 5) is 4.18. The van der Waals surface area contributed by atoms with Crippen molar-refractivity contribution in [2.24, 2.45) is 5.73 Å². The van der Waals surface area contributed by atoms with Gasteiger partial charge in [-0.05, 0) is 23.8 Å². The summed E-state index contributed by atoms with van der Waals surface area (Å²) < 4.78 is 67.6. The summed E-state index contributed by atoms with van der Waals surface area (Å²) in [5.74, 6) is -0.315. The second-order valence-corrected chi connectivity index (χ2v) is 6.21. The Morgan fingerprint density at radius 3 is 2.40 bits per heavy atom. The number of hydrogen-bond donors (Lipinski definition) is 1. The average molecular weight is 425 g/mol. The van der Waals surface area contributed by atoms with Crippen LogP contribution in [0.15, 0.2) is 47.0 Å². The van der Waals surface area contributed by atoms with Crippen molar-refractivity contribution < 1.29 is 31.6 Å². The zero-order valence-electron chi connectivity index (χ0n) is 15.8. The van der Waals surface area contributed by atoms with E-state index in [4.69, 9.17) is 19.7 Å². The van der Waals surface area contributed by atoms with Crippen LogP contribution in [0.2, 0.25) is 0 Å². The number of nitrogens with zero attached hydrogens (tertiary/aromatic N) is 2. The predicted molar refractivity (Wildman–Crippen MR) is 100 cm³/mol. The Morgan fingerprint density at radius 2 is 1.73 bits per heavy atom. The molecule has 6 nitrogen and oxygen atoms in total. The van der Waals surface area contributed by atoms with E-state index in [9.17, 15) is 17.6 Å². The maximum Gasteiger partial charge on any atom is 0.419 e. The summed E-state index contributed by atoms with van der Waals surface area (Å²) in [6.07, 6.45) is -4.69. The Kier molecular flexibility index (Phi) is 7.01. The van der Waals surface area contributed by atoms with Crippen molar-refractivity contribution in [3.8, 4) is 28.6 Å². The lowest BCUT2D eigenvalue weighted by molar-refractivity contribution is -0.138. The lowest BCUT2D eigenvalue weighted by atomic mass is 10.1. The standard InChI is InChI=1S/C20H19F4N3O3/c21-7-9-29-17-6-5-15(11-16(17)20(22,23)24)19-26-18(27-30-19)14-3-1-13(2-4-14)12-28-10-8-25/h1-6,11H,7-10,12,25H2. The smallest absolute Gasteiger partial charge is 0.419 e. The van der Waals surface area contributed by atoms with Gasteiger partial charge in [0.1, 0.15) is 19.0 Å². The van der Waals surface area contributed by atoms with E-state index >= 15 is 0 Å². The molecule has 3 aromatic rings. The van der Waals surface area contributed by atoms with Gasteiger partial charge in [0.15, 0.2) is 0 Å². The highest BCUT2D eigenvalue weighted by atomic mass is 19.4. The minimum absolute atomic E-state index is 0.0699. The van der Waals surface area contributed by atoms with Crippen LogP contribution >= 0.6 is 0 Å². The first-order valence-corrected chi connectivity index (χ1v) is 9.03. The maximum absolute atomic E-state index is 13.3. The molecule has 10 heteroatoms. The first kappa shape index (κ1) is 21.7. The maximum atomic E-state index is 13.3. The van der Waals surface area contributed by atoms with Crippen molar-refractivity contribution >= 4 is 0 Å². The molecule has 160 valence electrons. The van der Waals surface area contributed by atoms with Crippen LogP contribution in [-0.2, 0) is 17.5 Å². The van der Waals surface area contributed by atoms with E-state index in [2.05, 4.69) is 10.1 Å². The van der Waals surface area contributed by atoms with Gasteiger partial charge in [0, 0.05) is 17.7 Å². The largest absolute Gasteiger partial charge is 0.490 e. The molecular weight excluding hydrogens is 406 g/mol. The molecule has 0 radical (unpaired) electrons. The molecule has 1 heterocycles. The predicted octanol–water partition coefficient (Wildman–Crippen LogP) is 4.25. The molecule has 0 bridgehead atoms. The molecule has 0 saturated heterocycles. The molecule has 3 rings (SSSR count). The third-order valence-corrected chi connectivity index (χ3v) is 4.04. The number of benzene rings is 2. The zero-order chi connectivity index (χ0) is 21.6. The van der Waals surface area contributed by atoms with Crippen molar-refractivity contribution in [3.05, 3.63) is 53.6 Å². The first-order valence-electron chi connectivity index (χ1n) is 9.03. The van der Waals surface area contributed by atoms with Crippen molar-refractivity contribution in [1.82, 2.24) is 10.1 Å². The van der Waals surface area contributed by atoms with Gasteiger partial charge in [-0.25, -0.2) is 4.39 Å². The summed E-state index contributed by atoms with van der Waals surface area (Å²) in [7, 11) is 0. The molecule has 0 saturated carbocycles. The molecule has 1 aromatic heterocycles. The fourth-order valence-corrected chi connectivity index (χ4v) is 2.64.